The summed E-state index contributed by atoms with van der Waals surface area (Å²) in [6.45, 7) is 2.47. The van der Waals surface area contributed by atoms with E-state index < -0.39 is 0 Å². The molecule has 0 bridgehead atoms. The lowest BCUT2D eigenvalue weighted by atomic mass is 10.2. The van der Waals surface area contributed by atoms with Crippen LogP contribution < -0.4 is 9.47 Å². The zero-order valence-corrected chi connectivity index (χ0v) is 14.5. The molecule has 0 saturated heterocycles. The summed E-state index contributed by atoms with van der Waals surface area (Å²) in [5, 5.41) is 0.768. The van der Waals surface area contributed by atoms with Crippen LogP contribution in [0.25, 0.3) is 0 Å². The van der Waals surface area contributed by atoms with Crippen molar-refractivity contribution in [1.29, 1.82) is 0 Å². The standard InChI is InChI=1S/C15H15Br2NO2/c1-10-3-12(8-18-7-10)9-20-15-13(17)4-11(6-16)5-14(15)19-2/h3-5,7-8H,6,9H2,1-2H3. The monoisotopic (exact) mass is 399 g/mol. The normalized spacial score (nSPS) is 10.4. The Morgan fingerprint density at radius 2 is 1.95 bits per heavy atom. The lowest BCUT2D eigenvalue weighted by Gasteiger charge is -2.14. The third-order valence-corrected chi connectivity index (χ3v) is 3.99. The number of hydrogen-bond acceptors (Lipinski definition) is 3. The third-order valence-electron chi connectivity index (χ3n) is 2.76. The fraction of sp³-hybridized carbons (Fsp3) is 0.267. The molecule has 20 heavy (non-hydrogen) atoms. The van der Waals surface area contributed by atoms with Gasteiger partial charge in [-0.3, -0.25) is 4.98 Å². The molecule has 0 aliphatic carbocycles. The van der Waals surface area contributed by atoms with Gasteiger partial charge in [0.2, 0.25) is 0 Å². The Morgan fingerprint density at radius 1 is 1.15 bits per heavy atom. The highest BCUT2D eigenvalue weighted by atomic mass is 79.9. The highest BCUT2D eigenvalue weighted by Gasteiger charge is 2.11. The highest BCUT2D eigenvalue weighted by molar-refractivity contribution is 9.10. The largest absolute Gasteiger partial charge is 0.493 e. The zero-order valence-electron chi connectivity index (χ0n) is 11.3. The number of aryl methyl sites for hydroxylation is 1. The van der Waals surface area contributed by atoms with Gasteiger partial charge in [0.25, 0.3) is 0 Å². The predicted molar refractivity (Wildman–Crippen MR) is 86.6 cm³/mol. The summed E-state index contributed by atoms with van der Waals surface area (Å²) in [4.78, 5) is 4.16. The summed E-state index contributed by atoms with van der Waals surface area (Å²) in [7, 11) is 1.64. The Hall–Kier alpha value is -1.07. The average Bonchev–Trinajstić information content (AvgIpc) is 2.45. The topological polar surface area (TPSA) is 31.4 Å². The van der Waals surface area contributed by atoms with Gasteiger partial charge in [0.15, 0.2) is 11.5 Å². The van der Waals surface area contributed by atoms with Crippen molar-refractivity contribution in [2.24, 2.45) is 0 Å². The smallest absolute Gasteiger partial charge is 0.175 e. The van der Waals surface area contributed by atoms with Crippen LogP contribution in [0.1, 0.15) is 16.7 Å². The van der Waals surface area contributed by atoms with Crippen LogP contribution in [-0.2, 0) is 11.9 Å². The molecule has 2 aromatic rings. The number of rotatable bonds is 5. The molecule has 1 aromatic carbocycles. The summed E-state index contributed by atoms with van der Waals surface area (Å²) in [5.74, 6) is 1.42. The summed E-state index contributed by atoms with van der Waals surface area (Å²) < 4.78 is 12.1. The first-order valence-electron chi connectivity index (χ1n) is 6.09. The molecule has 0 unspecified atom stereocenters. The van der Waals surface area contributed by atoms with Crippen molar-refractivity contribution in [2.45, 2.75) is 18.9 Å². The molecule has 1 heterocycles. The second-order valence-electron chi connectivity index (χ2n) is 4.40. The van der Waals surface area contributed by atoms with Crippen LogP contribution in [0.3, 0.4) is 0 Å². The van der Waals surface area contributed by atoms with Gasteiger partial charge in [-0.05, 0) is 52.2 Å². The molecule has 0 aliphatic heterocycles. The number of hydrogen-bond donors (Lipinski definition) is 0. The maximum Gasteiger partial charge on any atom is 0.175 e. The van der Waals surface area contributed by atoms with Gasteiger partial charge in [0.05, 0.1) is 11.6 Å². The SMILES string of the molecule is COc1cc(CBr)cc(Br)c1OCc1cncc(C)c1. The molecular weight excluding hydrogens is 386 g/mol. The minimum atomic E-state index is 0.456. The Labute approximate surface area is 135 Å². The number of halogens is 2. The number of alkyl halides is 1. The fourth-order valence-electron chi connectivity index (χ4n) is 1.84. The summed E-state index contributed by atoms with van der Waals surface area (Å²) in [6.07, 6.45) is 3.63. The summed E-state index contributed by atoms with van der Waals surface area (Å²) >= 11 is 6.96. The highest BCUT2D eigenvalue weighted by Crippen LogP contribution is 2.37. The lowest BCUT2D eigenvalue weighted by molar-refractivity contribution is 0.282. The van der Waals surface area contributed by atoms with E-state index in [0.29, 0.717) is 12.4 Å². The Kier molecular flexibility index (Phi) is 5.43. The van der Waals surface area contributed by atoms with E-state index in [-0.39, 0.29) is 0 Å². The molecule has 1 aromatic heterocycles. The molecule has 5 heteroatoms. The van der Waals surface area contributed by atoms with Crippen molar-refractivity contribution < 1.29 is 9.47 Å². The number of pyridine rings is 1. The Bertz CT molecular complexity index is 602. The molecule has 0 radical (unpaired) electrons. The van der Waals surface area contributed by atoms with Crippen LogP contribution in [0, 0.1) is 6.92 Å². The van der Waals surface area contributed by atoms with Gasteiger partial charge in [0.1, 0.15) is 6.61 Å². The van der Waals surface area contributed by atoms with Gasteiger partial charge < -0.3 is 9.47 Å². The van der Waals surface area contributed by atoms with Crippen molar-refractivity contribution in [3.63, 3.8) is 0 Å². The Balaban J connectivity index is 2.20. The average molecular weight is 401 g/mol. The van der Waals surface area contributed by atoms with E-state index >= 15 is 0 Å². The van der Waals surface area contributed by atoms with Crippen LogP contribution in [0.2, 0.25) is 0 Å². The number of ether oxygens (including phenoxy) is 2. The number of benzene rings is 1. The minimum Gasteiger partial charge on any atom is -0.493 e. The number of nitrogens with zero attached hydrogens (tertiary/aromatic N) is 1. The molecule has 0 spiro atoms. The zero-order chi connectivity index (χ0) is 14.5. The molecule has 106 valence electrons. The maximum absolute atomic E-state index is 5.87. The van der Waals surface area contributed by atoms with E-state index in [2.05, 4.69) is 42.9 Å². The van der Waals surface area contributed by atoms with E-state index in [1.54, 1.807) is 13.3 Å². The molecule has 0 atom stereocenters. The van der Waals surface area contributed by atoms with Crippen molar-refractivity contribution in [1.82, 2.24) is 4.98 Å². The molecule has 0 saturated carbocycles. The molecular formula is C15H15Br2NO2. The van der Waals surface area contributed by atoms with Crippen molar-refractivity contribution in [3.05, 3.63) is 51.8 Å². The van der Waals surface area contributed by atoms with E-state index in [9.17, 15) is 0 Å². The van der Waals surface area contributed by atoms with E-state index in [0.717, 1.165) is 32.2 Å². The molecule has 0 N–H and O–H groups in total. The van der Waals surface area contributed by atoms with Crippen molar-refractivity contribution in [3.8, 4) is 11.5 Å². The summed E-state index contributed by atoms with van der Waals surface area (Å²) in [5.41, 5.74) is 3.27. The van der Waals surface area contributed by atoms with Crippen molar-refractivity contribution in [2.75, 3.05) is 7.11 Å². The maximum atomic E-state index is 5.87. The molecule has 0 aliphatic rings. The molecule has 0 amide bonds. The van der Waals surface area contributed by atoms with Gasteiger partial charge in [-0.1, -0.05) is 15.9 Å². The number of aromatic nitrogens is 1. The van der Waals surface area contributed by atoms with Gasteiger partial charge in [0, 0.05) is 23.3 Å². The molecule has 3 nitrogen and oxygen atoms in total. The fourth-order valence-corrected chi connectivity index (χ4v) is 2.77. The first-order chi connectivity index (χ1) is 9.63. The first kappa shape index (κ1) is 15.3. The first-order valence-corrected chi connectivity index (χ1v) is 8.01. The van der Waals surface area contributed by atoms with Crippen LogP contribution in [0.5, 0.6) is 11.5 Å². The quantitative estimate of drug-likeness (QED) is 0.685. The minimum absolute atomic E-state index is 0.456. The van der Waals surface area contributed by atoms with Crippen LogP contribution in [0.15, 0.2) is 35.1 Å². The number of methoxy groups -OCH3 is 1. The van der Waals surface area contributed by atoms with Gasteiger partial charge in [-0.15, -0.1) is 0 Å². The molecule has 0 fully saturated rings. The lowest BCUT2D eigenvalue weighted by Crippen LogP contribution is -2.00. The van der Waals surface area contributed by atoms with Gasteiger partial charge >= 0.3 is 0 Å². The Morgan fingerprint density at radius 3 is 2.60 bits per heavy atom. The van der Waals surface area contributed by atoms with E-state index in [1.165, 1.54) is 0 Å². The van der Waals surface area contributed by atoms with Gasteiger partial charge in [-0.2, -0.15) is 0 Å². The third kappa shape index (κ3) is 3.73. The second-order valence-corrected chi connectivity index (χ2v) is 5.82. The van der Waals surface area contributed by atoms with E-state index in [1.807, 2.05) is 25.3 Å². The van der Waals surface area contributed by atoms with Crippen LogP contribution in [0.4, 0.5) is 0 Å². The van der Waals surface area contributed by atoms with Crippen LogP contribution in [-0.4, -0.2) is 12.1 Å². The van der Waals surface area contributed by atoms with Gasteiger partial charge in [-0.25, -0.2) is 0 Å². The second kappa shape index (κ2) is 7.09. The summed E-state index contributed by atoms with van der Waals surface area (Å²) in [6, 6.07) is 6.03. The van der Waals surface area contributed by atoms with Crippen LogP contribution >= 0.6 is 31.9 Å². The molecule has 2 rings (SSSR count). The predicted octanol–water partition coefficient (Wildman–Crippen LogP) is 4.64. The van der Waals surface area contributed by atoms with E-state index in [4.69, 9.17) is 9.47 Å². The van der Waals surface area contributed by atoms with Crippen molar-refractivity contribution >= 4 is 31.9 Å².